The molecule has 0 fully saturated rings. The number of rotatable bonds is 6. The summed E-state index contributed by atoms with van der Waals surface area (Å²) in [4.78, 5) is 0. The average Bonchev–Trinajstić information content (AvgIpc) is 1.97. The van der Waals surface area contributed by atoms with Crippen LogP contribution in [-0.2, 0) is 18.9 Å². The van der Waals surface area contributed by atoms with Gasteiger partial charge in [0.2, 0.25) is 0 Å². The summed E-state index contributed by atoms with van der Waals surface area (Å²) in [6.45, 7) is 6.00. The van der Waals surface area contributed by atoms with Crippen LogP contribution < -0.4 is 0 Å². The molecule has 0 saturated heterocycles. The number of hydrogen-bond donors (Lipinski definition) is 1. The SMILES string of the molecule is CCN(CC)OS(=O)(=O)OC(C)S. The Morgan fingerprint density at radius 3 is 2.15 bits per heavy atom. The van der Waals surface area contributed by atoms with Crippen LogP contribution >= 0.6 is 12.6 Å². The number of hydrogen-bond acceptors (Lipinski definition) is 6. The molecule has 80 valence electrons. The molecule has 0 saturated carbocycles. The Kier molecular flexibility index (Phi) is 5.90. The van der Waals surface area contributed by atoms with E-state index < -0.39 is 15.8 Å². The molecule has 5 nitrogen and oxygen atoms in total. The van der Waals surface area contributed by atoms with Crippen molar-refractivity contribution in [3.05, 3.63) is 0 Å². The summed E-state index contributed by atoms with van der Waals surface area (Å²) < 4.78 is 31.1. The Morgan fingerprint density at radius 2 is 1.85 bits per heavy atom. The Morgan fingerprint density at radius 1 is 1.38 bits per heavy atom. The highest BCUT2D eigenvalue weighted by molar-refractivity contribution is 7.84. The molecular weight excluding hydrogens is 214 g/mol. The molecule has 13 heavy (non-hydrogen) atoms. The zero-order chi connectivity index (χ0) is 10.5. The van der Waals surface area contributed by atoms with Crippen molar-refractivity contribution in [2.75, 3.05) is 13.1 Å². The Bertz CT molecular complexity index is 223. The quantitative estimate of drug-likeness (QED) is 0.415. The Hall–Kier alpha value is 0.180. The van der Waals surface area contributed by atoms with Crippen molar-refractivity contribution >= 4 is 23.0 Å². The lowest BCUT2D eigenvalue weighted by atomic mass is 10.6. The third-order valence-corrected chi connectivity index (χ3v) is 2.33. The topological polar surface area (TPSA) is 55.8 Å². The van der Waals surface area contributed by atoms with Crippen LogP contribution in [0.15, 0.2) is 0 Å². The molecule has 0 bridgehead atoms. The summed E-state index contributed by atoms with van der Waals surface area (Å²) in [5.74, 6) is 0. The Balaban J connectivity index is 4.16. The van der Waals surface area contributed by atoms with Crippen molar-refractivity contribution in [3.8, 4) is 0 Å². The second-order valence-electron chi connectivity index (χ2n) is 2.29. The van der Waals surface area contributed by atoms with Gasteiger partial charge in [0, 0.05) is 13.1 Å². The van der Waals surface area contributed by atoms with Gasteiger partial charge in [0.15, 0.2) is 0 Å². The van der Waals surface area contributed by atoms with Crippen molar-refractivity contribution in [1.29, 1.82) is 0 Å². The van der Waals surface area contributed by atoms with Gasteiger partial charge in [-0.3, -0.25) is 0 Å². The van der Waals surface area contributed by atoms with E-state index in [1.165, 1.54) is 12.0 Å². The van der Waals surface area contributed by atoms with Gasteiger partial charge in [0.25, 0.3) is 0 Å². The molecule has 0 rings (SSSR count). The van der Waals surface area contributed by atoms with E-state index >= 15 is 0 Å². The third kappa shape index (κ3) is 6.28. The van der Waals surface area contributed by atoms with Gasteiger partial charge < -0.3 is 0 Å². The zero-order valence-corrected chi connectivity index (χ0v) is 9.64. The normalized spacial score (nSPS) is 14.8. The molecule has 0 N–H and O–H groups in total. The summed E-state index contributed by atoms with van der Waals surface area (Å²) in [7, 11) is -3.95. The van der Waals surface area contributed by atoms with Crippen LogP contribution in [0.1, 0.15) is 20.8 Å². The first kappa shape index (κ1) is 13.2. The molecule has 0 aromatic heterocycles. The fourth-order valence-corrected chi connectivity index (χ4v) is 1.81. The lowest BCUT2D eigenvalue weighted by Crippen LogP contribution is -2.28. The van der Waals surface area contributed by atoms with Gasteiger partial charge in [-0.1, -0.05) is 13.8 Å². The Labute approximate surface area is 84.7 Å². The van der Waals surface area contributed by atoms with Crippen LogP contribution in [0.4, 0.5) is 0 Å². The molecule has 0 radical (unpaired) electrons. The van der Waals surface area contributed by atoms with Gasteiger partial charge in [-0.05, 0) is 6.92 Å². The first-order valence-corrected chi connectivity index (χ1v) is 5.82. The molecule has 0 heterocycles. The molecule has 1 atom stereocenters. The van der Waals surface area contributed by atoms with Crippen LogP contribution in [0.5, 0.6) is 0 Å². The van der Waals surface area contributed by atoms with Crippen LogP contribution in [-0.4, -0.2) is 32.0 Å². The van der Waals surface area contributed by atoms with E-state index in [-0.39, 0.29) is 0 Å². The highest BCUT2D eigenvalue weighted by Crippen LogP contribution is 2.06. The summed E-state index contributed by atoms with van der Waals surface area (Å²) in [6.07, 6.45) is 0. The lowest BCUT2D eigenvalue weighted by Gasteiger charge is -2.17. The molecule has 0 aromatic carbocycles. The van der Waals surface area contributed by atoms with Gasteiger partial charge in [-0.15, -0.1) is 12.6 Å². The molecule has 0 aliphatic heterocycles. The van der Waals surface area contributed by atoms with Crippen LogP contribution in [0.25, 0.3) is 0 Å². The van der Waals surface area contributed by atoms with E-state index in [1.807, 2.05) is 0 Å². The van der Waals surface area contributed by atoms with Gasteiger partial charge >= 0.3 is 10.4 Å². The predicted octanol–water partition coefficient (Wildman–Crippen LogP) is 0.797. The van der Waals surface area contributed by atoms with Crippen molar-refractivity contribution in [2.24, 2.45) is 0 Å². The van der Waals surface area contributed by atoms with Crippen molar-refractivity contribution in [3.63, 3.8) is 0 Å². The smallest absolute Gasteiger partial charge is 0.233 e. The van der Waals surface area contributed by atoms with Crippen molar-refractivity contribution in [1.82, 2.24) is 5.06 Å². The first-order chi connectivity index (χ1) is 5.91. The highest BCUT2D eigenvalue weighted by Gasteiger charge is 2.18. The molecule has 0 aliphatic rings. The van der Waals surface area contributed by atoms with E-state index in [9.17, 15) is 8.42 Å². The number of thiol groups is 1. The summed E-state index contributed by atoms with van der Waals surface area (Å²) in [5, 5.41) is 1.27. The minimum absolute atomic E-state index is 0.472. The molecule has 7 heteroatoms. The molecule has 0 amide bonds. The minimum Gasteiger partial charge on any atom is -0.233 e. The van der Waals surface area contributed by atoms with Crippen molar-refractivity contribution < 1.29 is 16.9 Å². The number of nitrogens with zero attached hydrogens (tertiary/aromatic N) is 1. The standard InChI is InChI=1S/C6H15NO4S2/c1-4-7(5-2)11-13(8,9)10-6(3)12/h6,12H,4-5H2,1-3H3. The molecule has 0 aromatic rings. The second kappa shape index (κ2) is 5.82. The van der Waals surface area contributed by atoms with E-state index in [4.69, 9.17) is 0 Å². The fourth-order valence-electron chi connectivity index (χ4n) is 0.646. The van der Waals surface area contributed by atoms with Gasteiger partial charge in [0.05, 0.1) is 0 Å². The first-order valence-electron chi connectivity index (χ1n) is 3.97. The summed E-state index contributed by atoms with van der Waals surface area (Å²) in [5.41, 5.74) is -0.708. The van der Waals surface area contributed by atoms with Gasteiger partial charge in [0.1, 0.15) is 5.44 Å². The van der Waals surface area contributed by atoms with Crippen LogP contribution in [0.3, 0.4) is 0 Å². The molecule has 1 unspecified atom stereocenters. The molecule has 0 aliphatic carbocycles. The zero-order valence-electron chi connectivity index (χ0n) is 7.93. The average molecular weight is 229 g/mol. The van der Waals surface area contributed by atoms with E-state index in [1.54, 1.807) is 13.8 Å². The maximum Gasteiger partial charge on any atom is 0.417 e. The van der Waals surface area contributed by atoms with Crippen LogP contribution in [0, 0.1) is 0 Å². The molecular formula is C6H15NO4S2. The maximum atomic E-state index is 11.0. The van der Waals surface area contributed by atoms with E-state index in [0.717, 1.165) is 0 Å². The number of hydroxylamine groups is 2. The lowest BCUT2D eigenvalue weighted by molar-refractivity contribution is -0.0565. The van der Waals surface area contributed by atoms with Gasteiger partial charge in [-0.25, -0.2) is 4.18 Å². The fraction of sp³-hybridized carbons (Fsp3) is 1.00. The highest BCUT2D eigenvalue weighted by atomic mass is 32.3. The second-order valence-corrected chi connectivity index (χ2v) is 4.18. The maximum absolute atomic E-state index is 11.0. The predicted molar refractivity (Wildman–Crippen MR) is 52.5 cm³/mol. The summed E-state index contributed by atoms with van der Waals surface area (Å²) in [6, 6.07) is 0. The van der Waals surface area contributed by atoms with E-state index in [2.05, 4.69) is 21.1 Å². The van der Waals surface area contributed by atoms with Gasteiger partial charge in [-0.2, -0.15) is 17.8 Å². The van der Waals surface area contributed by atoms with Crippen LogP contribution in [0.2, 0.25) is 0 Å². The minimum atomic E-state index is -3.95. The van der Waals surface area contributed by atoms with E-state index in [0.29, 0.717) is 13.1 Å². The summed E-state index contributed by atoms with van der Waals surface area (Å²) >= 11 is 3.77. The molecule has 0 spiro atoms. The monoisotopic (exact) mass is 229 g/mol. The third-order valence-electron chi connectivity index (χ3n) is 1.16. The largest absolute Gasteiger partial charge is 0.417 e. The van der Waals surface area contributed by atoms with Crippen molar-refractivity contribution in [2.45, 2.75) is 26.2 Å².